The molecule has 0 aliphatic heterocycles. The average molecular weight is 234 g/mol. The van der Waals surface area contributed by atoms with E-state index in [2.05, 4.69) is 0 Å². The van der Waals surface area contributed by atoms with Gasteiger partial charge in [-0.1, -0.05) is 27.2 Å². The molecule has 0 saturated heterocycles. The molecule has 0 aliphatic carbocycles. The molecule has 1 atom stereocenters. The maximum atomic E-state index is 11.6. The Bertz CT molecular complexity index is 280. The van der Waals surface area contributed by atoms with Gasteiger partial charge in [-0.3, -0.25) is 4.79 Å². The number of carbonyl (C=O) groups excluding carboxylic acids is 1. The van der Waals surface area contributed by atoms with Gasteiger partial charge in [0.05, 0.1) is 11.5 Å². The van der Waals surface area contributed by atoms with Gasteiger partial charge in [-0.25, -0.2) is 8.42 Å². The van der Waals surface area contributed by atoms with E-state index in [9.17, 15) is 13.2 Å². The van der Waals surface area contributed by atoms with Crippen molar-refractivity contribution in [2.45, 2.75) is 46.5 Å². The van der Waals surface area contributed by atoms with Crippen molar-refractivity contribution in [2.75, 3.05) is 11.5 Å². The molecule has 0 aromatic heterocycles. The second-order valence-corrected chi connectivity index (χ2v) is 6.35. The summed E-state index contributed by atoms with van der Waals surface area (Å²) in [6.45, 7) is 5.73. The molecule has 0 N–H and O–H groups in total. The van der Waals surface area contributed by atoms with Gasteiger partial charge < -0.3 is 0 Å². The molecule has 90 valence electrons. The summed E-state index contributed by atoms with van der Waals surface area (Å²) < 4.78 is 23.1. The molecule has 0 aromatic carbocycles. The molecular weight excluding hydrogens is 212 g/mol. The Balaban J connectivity index is 3.90. The lowest BCUT2D eigenvalue weighted by Crippen LogP contribution is -2.17. The quantitative estimate of drug-likeness (QED) is 0.647. The van der Waals surface area contributed by atoms with E-state index in [-0.39, 0.29) is 23.2 Å². The first-order chi connectivity index (χ1) is 6.91. The first kappa shape index (κ1) is 14.6. The van der Waals surface area contributed by atoms with Crippen molar-refractivity contribution >= 4 is 15.6 Å². The lowest BCUT2D eigenvalue weighted by atomic mass is 10.2. The molecule has 1 unspecified atom stereocenters. The Morgan fingerprint density at radius 1 is 1.27 bits per heavy atom. The topological polar surface area (TPSA) is 51.2 Å². The number of hydrogen-bond donors (Lipinski definition) is 0. The van der Waals surface area contributed by atoms with Crippen LogP contribution in [0.2, 0.25) is 0 Å². The Hall–Kier alpha value is -0.380. The number of Topliss-reactive ketones (excluding diaryl/α,β-unsaturated/α-hetero) is 1. The van der Waals surface area contributed by atoms with Crippen LogP contribution < -0.4 is 0 Å². The third kappa shape index (κ3) is 7.54. The van der Waals surface area contributed by atoms with Crippen LogP contribution in [0.1, 0.15) is 46.5 Å². The van der Waals surface area contributed by atoms with Gasteiger partial charge in [-0.15, -0.1) is 0 Å². The number of hydrogen-bond acceptors (Lipinski definition) is 3. The summed E-state index contributed by atoms with van der Waals surface area (Å²) in [5.41, 5.74) is 0. The van der Waals surface area contributed by atoms with Crippen LogP contribution in [0.25, 0.3) is 0 Å². The SMILES string of the molecule is CCC(=O)CCCS(=O)(=O)CC(C)CC. The molecule has 3 nitrogen and oxygen atoms in total. The van der Waals surface area contributed by atoms with Gasteiger partial charge in [-0.05, 0) is 12.3 Å². The highest BCUT2D eigenvalue weighted by Crippen LogP contribution is 2.08. The first-order valence-corrected chi connectivity index (χ1v) is 7.45. The minimum absolute atomic E-state index is 0.147. The highest BCUT2D eigenvalue weighted by molar-refractivity contribution is 7.91. The summed E-state index contributed by atoms with van der Waals surface area (Å²) in [6.07, 6.45) is 2.26. The van der Waals surface area contributed by atoms with Gasteiger partial charge in [-0.2, -0.15) is 0 Å². The summed E-state index contributed by atoms with van der Waals surface area (Å²) in [5, 5.41) is 0. The van der Waals surface area contributed by atoms with E-state index in [1.807, 2.05) is 13.8 Å². The molecule has 0 aliphatic rings. The third-order valence-corrected chi connectivity index (χ3v) is 4.53. The van der Waals surface area contributed by atoms with Crippen LogP contribution >= 0.6 is 0 Å². The fourth-order valence-electron chi connectivity index (χ4n) is 1.30. The monoisotopic (exact) mass is 234 g/mol. The lowest BCUT2D eigenvalue weighted by Gasteiger charge is -2.08. The van der Waals surface area contributed by atoms with Crippen LogP contribution in [0.3, 0.4) is 0 Å². The molecule has 0 amide bonds. The minimum atomic E-state index is -2.95. The fraction of sp³-hybridized carbons (Fsp3) is 0.909. The summed E-state index contributed by atoms with van der Waals surface area (Å²) in [7, 11) is -2.95. The Labute approximate surface area is 93.2 Å². The fourth-order valence-corrected chi connectivity index (χ4v) is 3.15. The zero-order valence-corrected chi connectivity index (χ0v) is 10.8. The normalized spacial score (nSPS) is 13.8. The lowest BCUT2D eigenvalue weighted by molar-refractivity contribution is -0.118. The Morgan fingerprint density at radius 3 is 2.33 bits per heavy atom. The molecule has 0 bridgehead atoms. The van der Waals surface area contributed by atoms with E-state index < -0.39 is 9.84 Å². The van der Waals surface area contributed by atoms with Crippen molar-refractivity contribution < 1.29 is 13.2 Å². The largest absolute Gasteiger partial charge is 0.300 e. The van der Waals surface area contributed by atoms with E-state index in [1.165, 1.54) is 0 Å². The number of ketones is 1. The molecular formula is C11H22O3S. The highest BCUT2D eigenvalue weighted by atomic mass is 32.2. The second kappa shape index (κ2) is 6.99. The van der Waals surface area contributed by atoms with Crippen LogP contribution in [0.15, 0.2) is 0 Å². The molecule has 15 heavy (non-hydrogen) atoms. The average Bonchev–Trinajstić information content (AvgIpc) is 2.16. The van der Waals surface area contributed by atoms with E-state index in [0.29, 0.717) is 19.3 Å². The van der Waals surface area contributed by atoms with Gasteiger partial charge in [0.2, 0.25) is 0 Å². The van der Waals surface area contributed by atoms with Gasteiger partial charge in [0, 0.05) is 12.8 Å². The van der Waals surface area contributed by atoms with Gasteiger partial charge >= 0.3 is 0 Å². The van der Waals surface area contributed by atoms with E-state index in [1.54, 1.807) is 6.92 Å². The Kier molecular flexibility index (Phi) is 6.81. The van der Waals surface area contributed by atoms with Crippen molar-refractivity contribution in [3.8, 4) is 0 Å². The molecule has 0 rings (SSSR count). The molecule has 0 heterocycles. The molecule has 4 heteroatoms. The first-order valence-electron chi connectivity index (χ1n) is 5.63. The maximum absolute atomic E-state index is 11.6. The summed E-state index contributed by atoms with van der Waals surface area (Å²) in [5.74, 6) is 0.776. The standard InChI is InChI=1S/C11H22O3S/c1-4-10(3)9-15(13,14)8-6-7-11(12)5-2/h10H,4-9H2,1-3H3. The number of carbonyl (C=O) groups is 1. The smallest absolute Gasteiger partial charge is 0.150 e. The van der Waals surface area contributed by atoms with Crippen LogP contribution in [0.5, 0.6) is 0 Å². The number of sulfone groups is 1. The third-order valence-electron chi connectivity index (χ3n) is 2.54. The Morgan fingerprint density at radius 2 is 1.87 bits per heavy atom. The van der Waals surface area contributed by atoms with Crippen molar-refractivity contribution in [3.63, 3.8) is 0 Å². The molecule has 0 fully saturated rings. The van der Waals surface area contributed by atoms with Gasteiger partial charge in [0.25, 0.3) is 0 Å². The van der Waals surface area contributed by atoms with Crippen LogP contribution in [0.4, 0.5) is 0 Å². The predicted molar refractivity (Wildman–Crippen MR) is 62.6 cm³/mol. The van der Waals surface area contributed by atoms with E-state index in [0.717, 1.165) is 6.42 Å². The molecule has 0 saturated carbocycles. The zero-order valence-electron chi connectivity index (χ0n) is 9.95. The van der Waals surface area contributed by atoms with E-state index in [4.69, 9.17) is 0 Å². The predicted octanol–water partition coefficient (Wildman–Crippen LogP) is 2.21. The molecule has 0 spiro atoms. The van der Waals surface area contributed by atoms with Crippen molar-refractivity contribution in [2.24, 2.45) is 5.92 Å². The number of rotatable bonds is 8. The van der Waals surface area contributed by atoms with Gasteiger partial charge in [0.1, 0.15) is 5.78 Å². The van der Waals surface area contributed by atoms with Crippen molar-refractivity contribution in [1.29, 1.82) is 0 Å². The van der Waals surface area contributed by atoms with Crippen molar-refractivity contribution in [3.05, 3.63) is 0 Å². The summed E-state index contributed by atoms with van der Waals surface area (Å²) >= 11 is 0. The van der Waals surface area contributed by atoms with Crippen LogP contribution in [-0.4, -0.2) is 25.7 Å². The molecule has 0 radical (unpaired) electrons. The van der Waals surface area contributed by atoms with Crippen LogP contribution in [-0.2, 0) is 14.6 Å². The van der Waals surface area contributed by atoms with Crippen molar-refractivity contribution in [1.82, 2.24) is 0 Å². The maximum Gasteiger partial charge on any atom is 0.150 e. The van der Waals surface area contributed by atoms with Gasteiger partial charge in [0.15, 0.2) is 9.84 Å². The second-order valence-electron chi connectivity index (χ2n) is 4.12. The summed E-state index contributed by atoms with van der Waals surface area (Å²) in [4.78, 5) is 11.0. The summed E-state index contributed by atoms with van der Waals surface area (Å²) in [6, 6.07) is 0. The molecule has 0 aromatic rings. The van der Waals surface area contributed by atoms with E-state index >= 15 is 0 Å². The minimum Gasteiger partial charge on any atom is -0.300 e. The highest BCUT2D eigenvalue weighted by Gasteiger charge is 2.14. The van der Waals surface area contributed by atoms with Crippen LogP contribution in [0, 0.1) is 5.92 Å². The zero-order chi connectivity index (χ0) is 11.9.